The van der Waals surface area contributed by atoms with Gasteiger partial charge in [0.15, 0.2) is 0 Å². The number of hydrogen-bond acceptors (Lipinski definition) is 3. The maximum absolute atomic E-state index is 14.0. The Morgan fingerprint density at radius 2 is 1.65 bits per heavy atom. The van der Waals surface area contributed by atoms with Crippen molar-refractivity contribution in [3.8, 4) is 5.69 Å². The number of benzene rings is 2. The molecule has 0 radical (unpaired) electrons. The summed E-state index contributed by atoms with van der Waals surface area (Å²) in [5.41, 5.74) is 1.16. The molecule has 0 saturated carbocycles. The van der Waals surface area contributed by atoms with Crippen LogP contribution in [0, 0.1) is 19.7 Å². The number of sulfonamides is 1. The van der Waals surface area contributed by atoms with Gasteiger partial charge in [0.05, 0.1) is 22.8 Å². The van der Waals surface area contributed by atoms with Crippen molar-refractivity contribution in [3.05, 3.63) is 69.7 Å². The topological polar surface area (TPSA) is 64.0 Å². The number of nitrogens with zero attached hydrogens (tertiary/aromatic N) is 2. The summed E-state index contributed by atoms with van der Waals surface area (Å²) in [7, 11) is -4.05. The van der Waals surface area contributed by atoms with Crippen LogP contribution < -0.4 is 4.72 Å². The molecule has 0 aliphatic heterocycles. The van der Waals surface area contributed by atoms with E-state index in [1.165, 1.54) is 16.8 Å². The summed E-state index contributed by atoms with van der Waals surface area (Å²) in [5, 5.41) is 5.03. The minimum Gasteiger partial charge on any atom is -0.277 e. The maximum atomic E-state index is 14.0. The average Bonchev–Trinajstić information content (AvgIpc) is 2.86. The minimum atomic E-state index is -4.05. The van der Waals surface area contributed by atoms with E-state index in [9.17, 15) is 12.8 Å². The Morgan fingerprint density at radius 3 is 2.27 bits per heavy atom. The summed E-state index contributed by atoms with van der Waals surface area (Å²) in [5.74, 6) is -0.763. The summed E-state index contributed by atoms with van der Waals surface area (Å²) in [6.45, 7) is 3.20. The lowest BCUT2D eigenvalue weighted by molar-refractivity contribution is 0.597. The first-order valence-corrected chi connectivity index (χ1v) is 9.73. The van der Waals surface area contributed by atoms with Crippen LogP contribution in [0.15, 0.2) is 47.4 Å². The number of anilines is 1. The van der Waals surface area contributed by atoms with Crippen LogP contribution in [0.3, 0.4) is 0 Å². The molecule has 0 saturated heterocycles. The molecule has 5 nitrogen and oxygen atoms in total. The van der Waals surface area contributed by atoms with Crippen LogP contribution in [0.5, 0.6) is 0 Å². The molecule has 0 spiro atoms. The second-order valence-corrected chi connectivity index (χ2v) is 8.11. The van der Waals surface area contributed by atoms with E-state index in [0.29, 0.717) is 22.1 Å². The normalized spacial score (nSPS) is 11.6. The van der Waals surface area contributed by atoms with Gasteiger partial charge in [0.25, 0.3) is 10.0 Å². The maximum Gasteiger partial charge on any atom is 0.265 e. The quantitative estimate of drug-likeness (QED) is 0.671. The highest BCUT2D eigenvalue weighted by Crippen LogP contribution is 2.27. The van der Waals surface area contributed by atoms with Gasteiger partial charge in [-0.25, -0.2) is 17.5 Å². The van der Waals surface area contributed by atoms with Crippen LogP contribution in [0.4, 0.5) is 10.1 Å². The molecule has 0 aliphatic carbocycles. The van der Waals surface area contributed by atoms with Crippen molar-refractivity contribution in [3.63, 3.8) is 0 Å². The average molecular weight is 414 g/mol. The van der Waals surface area contributed by atoms with Gasteiger partial charge in [-0.15, -0.1) is 0 Å². The Hall–Kier alpha value is -2.09. The van der Waals surface area contributed by atoms with Gasteiger partial charge >= 0.3 is 0 Å². The van der Waals surface area contributed by atoms with E-state index >= 15 is 0 Å². The molecule has 9 heteroatoms. The molecule has 0 unspecified atom stereocenters. The number of aromatic nitrogens is 2. The molecule has 0 fully saturated rings. The van der Waals surface area contributed by atoms with Crippen molar-refractivity contribution < 1.29 is 12.8 Å². The van der Waals surface area contributed by atoms with Crippen molar-refractivity contribution >= 4 is 38.9 Å². The third-order valence-corrected chi connectivity index (χ3v) is 5.84. The van der Waals surface area contributed by atoms with E-state index in [4.69, 9.17) is 23.2 Å². The Bertz CT molecular complexity index is 1080. The van der Waals surface area contributed by atoms with Crippen molar-refractivity contribution in [2.45, 2.75) is 18.7 Å². The highest BCUT2D eigenvalue weighted by atomic mass is 35.5. The lowest BCUT2D eigenvalue weighted by Crippen LogP contribution is -2.16. The van der Waals surface area contributed by atoms with Crippen molar-refractivity contribution in [1.82, 2.24) is 9.78 Å². The van der Waals surface area contributed by atoms with Gasteiger partial charge in [-0.2, -0.15) is 5.10 Å². The van der Waals surface area contributed by atoms with Gasteiger partial charge in [-0.05, 0) is 56.3 Å². The lowest BCUT2D eigenvalue weighted by Gasteiger charge is -2.10. The second-order valence-electron chi connectivity index (χ2n) is 5.62. The van der Waals surface area contributed by atoms with E-state index < -0.39 is 15.8 Å². The number of nitrogens with one attached hydrogen (secondary N) is 1. The van der Waals surface area contributed by atoms with Gasteiger partial charge in [-0.3, -0.25) is 4.72 Å². The van der Waals surface area contributed by atoms with Crippen LogP contribution in [0.25, 0.3) is 5.69 Å². The fourth-order valence-electron chi connectivity index (χ4n) is 2.62. The largest absolute Gasteiger partial charge is 0.277 e. The Labute approximate surface area is 160 Å². The first-order valence-electron chi connectivity index (χ1n) is 7.49. The molecule has 3 aromatic rings. The Kier molecular flexibility index (Phi) is 4.96. The van der Waals surface area contributed by atoms with Gasteiger partial charge < -0.3 is 0 Å². The zero-order chi connectivity index (χ0) is 19.1. The molecular weight excluding hydrogens is 400 g/mol. The highest BCUT2D eigenvalue weighted by Gasteiger charge is 2.26. The van der Waals surface area contributed by atoms with Crippen LogP contribution in [0.2, 0.25) is 10.0 Å². The molecule has 3 rings (SSSR count). The molecule has 1 aromatic heterocycles. The zero-order valence-corrected chi connectivity index (χ0v) is 16.1. The molecule has 0 aliphatic rings. The van der Waals surface area contributed by atoms with E-state index in [2.05, 4.69) is 9.82 Å². The van der Waals surface area contributed by atoms with Crippen molar-refractivity contribution in [2.75, 3.05) is 4.72 Å². The fraction of sp³-hybridized carbons (Fsp3) is 0.118. The van der Waals surface area contributed by atoms with Crippen LogP contribution in [-0.4, -0.2) is 18.2 Å². The molecule has 0 atom stereocenters. The third-order valence-electron chi connectivity index (χ3n) is 3.74. The van der Waals surface area contributed by atoms with Crippen molar-refractivity contribution in [2.24, 2.45) is 0 Å². The molecule has 2 aromatic carbocycles. The summed E-state index contributed by atoms with van der Waals surface area (Å²) in [6.07, 6.45) is 0. The predicted octanol–water partition coefficient (Wildman–Crippen LogP) is 4.74. The summed E-state index contributed by atoms with van der Waals surface area (Å²) in [6, 6.07) is 10.5. The second kappa shape index (κ2) is 6.90. The molecule has 1 heterocycles. The molecule has 1 N–H and O–H groups in total. The van der Waals surface area contributed by atoms with Crippen LogP contribution >= 0.6 is 23.2 Å². The van der Waals surface area contributed by atoms with E-state index in [1.54, 1.807) is 38.1 Å². The number of aryl methyl sites for hydroxylation is 1. The molecular formula is C17H14Cl2FN3O2S. The van der Waals surface area contributed by atoms with Crippen LogP contribution in [0.1, 0.15) is 11.4 Å². The molecule has 0 amide bonds. The molecule has 136 valence electrons. The monoisotopic (exact) mass is 413 g/mol. The summed E-state index contributed by atoms with van der Waals surface area (Å²) < 4.78 is 43.3. The zero-order valence-electron chi connectivity index (χ0n) is 13.8. The molecule has 26 heavy (non-hydrogen) atoms. The first-order chi connectivity index (χ1) is 12.2. The van der Waals surface area contributed by atoms with Gasteiger partial charge in [-0.1, -0.05) is 23.2 Å². The number of rotatable bonds is 4. The summed E-state index contributed by atoms with van der Waals surface area (Å²) >= 11 is 11.6. The summed E-state index contributed by atoms with van der Waals surface area (Å²) in [4.78, 5) is -0.0122. The van der Waals surface area contributed by atoms with E-state index in [-0.39, 0.29) is 15.6 Å². The van der Waals surface area contributed by atoms with Gasteiger partial charge in [0.2, 0.25) is 0 Å². The van der Waals surface area contributed by atoms with Crippen LogP contribution in [-0.2, 0) is 10.0 Å². The SMILES string of the molecule is Cc1nn(-c2ccc(Cl)cc2)c(C)c1S(=O)(=O)Nc1ccc(Cl)cc1F. The third kappa shape index (κ3) is 3.56. The molecule has 0 bridgehead atoms. The van der Waals surface area contributed by atoms with Gasteiger partial charge in [0.1, 0.15) is 10.7 Å². The smallest absolute Gasteiger partial charge is 0.265 e. The van der Waals surface area contributed by atoms with E-state index in [0.717, 1.165) is 6.07 Å². The predicted molar refractivity (Wildman–Crippen MR) is 100 cm³/mol. The minimum absolute atomic E-state index is 0.0122. The Balaban J connectivity index is 2.04. The number of halogens is 3. The van der Waals surface area contributed by atoms with E-state index in [1.807, 2.05) is 0 Å². The number of hydrogen-bond donors (Lipinski definition) is 1. The van der Waals surface area contributed by atoms with Gasteiger partial charge in [0, 0.05) is 10.0 Å². The highest BCUT2D eigenvalue weighted by molar-refractivity contribution is 7.92. The standard InChI is InChI=1S/C17H14Cl2FN3O2S/c1-10-17(11(2)23(21-10)14-6-3-12(18)4-7-14)26(24,25)22-16-8-5-13(19)9-15(16)20/h3-9,22H,1-2H3. The fourth-order valence-corrected chi connectivity index (χ4v) is 4.37. The van der Waals surface area contributed by atoms with Crippen molar-refractivity contribution in [1.29, 1.82) is 0 Å². The Morgan fingerprint density at radius 1 is 1.04 bits per heavy atom. The lowest BCUT2D eigenvalue weighted by atomic mass is 10.3. The first kappa shape index (κ1) is 18.7.